The number of imidazole rings is 1. The number of rotatable bonds is 5. The van der Waals surface area contributed by atoms with E-state index in [0.29, 0.717) is 33.6 Å². The lowest BCUT2D eigenvalue weighted by atomic mass is 9.80. The number of nitrogens with zero attached hydrogens (tertiary/aromatic N) is 2. The van der Waals surface area contributed by atoms with Gasteiger partial charge in [0.15, 0.2) is 5.60 Å². The fraction of sp³-hybridized carbons (Fsp3) is 0.192. The summed E-state index contributed by atoms with van der Waals surface area (Å²) >= 11 is 0. The smallest absolute Gasteiger partial charge is 0.323 e. The van der Waals surface area contributed by atoms with E-state index in [4.69, 9.17) is 4.52 Å². The quantitative estimate of drug-likeness (QED) is 0.376. The number of aromatic nitrogens is 4. The van der Waals surface area contributed by atoms with E-state index in [9.17, 15) is 9.90 Å². The predicted octanol–water partition coefficient (Wildman–Crippen LogP) is 4.37. The van der Waals surface area contributed by atoms with E-state index in [1.807, 2.05) is 56.3 Å². The van der Waals surface area contributed by atoms with Crippen molar-refractivity contribution in [2.45, 2.75) is 32.8 Å². The van der Waals surface area contributed by atoms with Crippen molar-refractivity contribution in [2.75, 3.05) is 0 Å². The van der Waals surface area contributed by atoms with Crippen molar-refractivity contribution >= 4 is 11.0 Å². The van der Waals surface area contributed by atoms with Crippen LogP contribution in [0, 0.1) is 13.8 Å². The standard InChI is InChI=1S/C26H24N4O3/c1-4-17-8-7-9-19(12-17)26(32,22-10-5-6-11-27-22)20-13-18(23-15(2)30-33-16(23)3)14-21-24(20)29-25(31)28-21/h5-14,32H,4H2,1-3H3,(H2,28,29,31). The highest BCUT2D eigenvalue weighted by molar-refractivity contribution is 5.87. The fourth-order valence-electron chi connectivity index (χ4n) is 4.50. The molecule has 1 unspecified atom stereocenters. The third-order valence-corrected chi connectivity index (χ3v) is 6.13. The zero-order chi connectivity index (χ0) is 23.2. The van der Waals surface area contributed by atoms with Gasteiger partial charge in [0.2, 0.25) is 0 Å². The number of H-pyrrole nitrogens is 2. The SMILES string of the molecule is CCc1cccc(C(O)(c2ccccn2)c2cc(-c3c(C)noc3C)cc3[nH]c(=O)[nH]c23)c1. The highest BCUT2D eigenvalue weighted by Gasteiger charge is 2.38. The van der Waals surface area contributed by atoms with Crippen LogP contribution in [-0.2, 0) is 12.0 Å². The lowest BCUT2D eigenvalue weighted by molar-refractivity contribution is 0.122. The lowest BCUT2D eigenvalue weighted by Crippen LogP contribution is -2.30. The van der Waals surface area contributed by atoms with Crippen LogP contribution in [0.4, 0.5) is 0 Å². The Bertz CT molecular complexity index is 1490. The molecule has 0 saturated heterocycles. The number of fused-ring (bicyclic) bond motifs is 1. The molecule has 0 amide bonds. The molecule has 7 nitrogen and oxygen atoms in total. The van der Waals surface area contributed by atoms with Gasteiger partial charge in [0.25, 0.3) is 0 Å². The van der Waals surface area contributed by atoms with Gasteiger partial charge in [-0.15, -0.1) is 0 Å². The molecule has 0 radical (unpaired) electrons. The summed E-state index contributed by atoms with van der Waals surface area (Å²) in [5.41, 5.74) is 4.18. The molecule has 0 aliphatic rings. The van der Waals surface area contributed by atoms with Gasteiger partial charge in [0.1, 0.15) is 5.76 Å². The zero-order valence-electron chi connectivity index (χ0n) is 18.6. The molecule has 2 aromatic carbocycles. The van der Waals surface area contributed by atoms with Crippen LogP contribution in [-0.4, -0.2) is 25.2 Å². The van der Waals surface area contributed by atoms with Crippen LogP contribution in [0.1, 0.15) is 40.8 Å². The summed E-state index contributed by atoms with van der Waals surface area (Å²) in [6.07, 6.45) is 2.47. The maximum absolute atomic E-state index is 12.5. The molecule has 5 aromatic rings. The van der Waals surface area contributed by atoms with Crippen molar-refractivity contribution in [3.63, 3.8) is 0 Å². The first-order valence-electron chi connectivity index (χ1n) is 10.8. The predicted molar refractivity (Wildman–Crippen MR) is 126 cm³/mol. The number of pyridine rings is 1. The van der Waals surface area contributed by atoms with Crippen molar-refractivity contribution in [1.82, 2.24) is 20.1 Å². The van der Waals surface area contributed by atoms with Crippen LogP contribution in [0.5, 0.6) is 0 Å². The Morgan fingerprint density at radius 2 is 1.91 bits per heavy atom. The molecule has 0 fully saturated rings. The van der Waals surface area contributed by atoms with Crippen LogP contribution in [0.2, 0.25) is 0 Å². The van der Waals surface area contributed by atoms with E-state index in [1.165, 1.54) is 0 Å². The first-order valence-corrected chi connectivity index (χ1v) is 10.8. The van der Waals surface area contributed by atoms with Gasteiger partial charge in [0.05, 0.1) is 22.4 Å². The number of nitrogens with one attached hydrogen (secondary N) is 2. The largest absolute Gasteiger partial charge is 0.374 e. The van der Waals surface area contributed by atoms with E-state index >= 15 is 0 Å². The molecule has 3 heterocycles. The van der Waals surface area contributed by atoms with Gasteiger partial charge in [-0.1, -0.05) is 42.4 Å². The van der Waals surface area contributed by atoms with Crippen molar-refractivity contribution in [3.8, 4) is 11.1 Å². The number of hydrogen-bond donors (Lipinski definition) is 3. The van der Waals surface area contributed by atoms with Gasteiger partial charge in [0, 0.05) is 17.3 Å². The highest BCUT2D eigenvalue weighted by atomic mass is 16.5. The first-order chi connectivity index (χ1) is 15.9. The van der Waals surface area contributed by atoms with E-state index in [-0.39, 0.29) is 5.69 Å². The Hall–Kier alpha value is -3.97. The Morgan fingerprint density at radius 3 is 2.61 bits per heavy atom. The molecule has 0 spiro atoms. The van der Waals surface area contributed by atoms with Gasteiger partial charge < -0.3 is 19.6 Å². The molecule has 7 heteroatoms. The summed E-state index contributed by atoms with van der Waals surface area (Å²) in [5.74, 6) is 0.657. The Balaban J connectivity index is 1.89. The first kappa shape index (κ1) is 20.9. The molecule has 0 bridgehead atoms. The summed E-state index contributed by atoms with van der Waals surface area (Å²) in [6.45, 7) is 5.78. The van der Waals surface area contributed by atoms with Gasteiger partial charge in [-0.3, -0.25) is 4.98 Å². The summed E-state index contributed by atoms with van der Waals surface area (Å²) in [6, 6.07) is 17.0. The Morgan fingerprint density at radius 1 is 1.06 bits per heavy atom. The van der Waals surface area contributed by atoms with Gasteiger partial charge in [-0.25, -0.2) is 4.79 Å². The monoisotopic (exact) mass is 440 g/mol. The average molecular weight is 441 g/mol. The minimum Gasteiger partial charge on any atom is -0.374 e. The second-order valence-corrected chi connectivity index (χ2v) is 8.20. The fourth-order valence-corrected chi connectivity index (χ4v) is 4.50. The van der Waals surface area contributed by atoms with E-state index < -0.39 is 5.60 Å². The minimum absolute atomic E-state index is 0.354. The highest BCUT2D eigenvalue weighted by Crippen LogP contribution is 2.41. The van der Waals surface area contributed by atoms with Crippen molar-refractivity contribution in [3.05, 3.63) is 105 Å². The molecule has 3 aromatic heterocycles. The topological polar surface area (TPSA) is 108 Å². The molecule has 166 valence electrons. The molecule has 0 aliphatic carbocycles. The van der Waals surface area contributed by atoms with Crippen molar-refractivity contribution in [1.29, 1.82) is 0 Å². The van der Waals surface area contributed by atoms with Crippen LogP contribution < -0.4 is 5.69 Å². The second kappa shape index (κ2) is 7.86. The van der Waals surface area contributed by atoms with Crippen LogP contribution in [0.3, 0.4) is 0 Å². The van der Waals surface area contributed by atoms with Crippen molar-refractivity contribution < 1.29 is 9.63 Å². The average Bonchev–Trinajstić information content (AvgIpc) is 3.38. The third-order valence-electron chi connectivity index (χ3n) is 6.13. The zero-order valence-corrected chi connectivity index (χ0v) is 18.6. The van der Waals surface area contributed by atoms with E-state index in [2.05, 4.69) is 27.0 Å². The molecular weight excluding hydrogens is 416 g/mol. The Kier molecular flexibility index (Phi) is 4.98. The van der Waals surface area contributed by atoms with E-state index in [1.54, 1.807) is 18.3 Å². The normalized spacial score (nSPS) is 13.3. The molecule has 5 rings (SSSR count). The van der Waals surface area contributed by atoms with Gasteiger partial charge in [-0.2, -0.15) is 0 Å². The number of aliphatic hydroxyl groups is 1. The summed E-state index contributed by atoms with van der Waals surface area (Å²) in [7, 11) is 0. The number of aromatic amines is 2. The van der Waals surface area contributed by atoms with Crippen molar-refractivity contribution in [2.24, 2.45) is 0 Å². The molecule has 0 saturated carbocycles. The third kappa shape index (κ3) is 3.37. The number of benzene rings is 2. The molecule has 0 aliphatic heterocycles. The maximum atomic E-state index is 12.5. The molecule has 33 heavy (non-hydrogen) atoms. The summed E-state index contributed by atoms with van der Waals surface area (Å²) < 4.78 is 5.39. The number of hydrogen-bond acceptors (Lipinski definition) is 5. The maximum Gasteiger partial charge on any atom is 0.323 e. The minimum atomic E-state index is -1.62. The van der Waals surface area contributed by atoms with Gasteiger partial charge in [-0.05, 0) is 61.2 Å². The Labute approximate surface area is 190 Å². The molecular formula is C26H24N4O3. The van der Waals surface area contributed by atoms with E-state index in [0.717, 1.165) is 28.8 Å². The lowest BCUT2D eigenvalue weighted by Gasteiger charge is -2.30. The van der Waals surface area contributed by atoms with Crippen LogP contribution in [0.15, 0.2) is 70.1 Å². The molecule has 3 N–H and O–H groups in total. The number of aryl methyl sites for hydroxylation is 3. The van der Waals surface area contributed by atoms with Gasteiger partial charge >= 0.3 is 5.69 Å². The summed E-state index contributed by atoms with van der Waals surface area (Å²) in [4.78, 5) is 22.6. The van der Waals surface area contributed by atoms with Crippen LogP contribution >= 0.6 is 0 Å². The second-order valence-electron chi connectivity index (χ2n) is 8.20. The van der Waals surface area contributed by atoms with Crippen LogP contribution in [0.25, 0.3) is 22.2 Å². The molecule has 1 atom stereocenters. The summed E-state index contributed by atoms with van der Waals surface area (Å²) in [5, 5.41) is 16.6.